The van der Waals surface area contributed by atoms with Crippen LogP contribution in [0, 0.1) is 6.92 Å². The maximum atomic E-state index is 5.71. The molecule has 2 N–H and O–H groups in total. The smallest absolute Gasteiger partial charge is 0.191 e. The van der Waals surface area contributed by atoms with Crippen molar-refractivity contribution in [1.29, 1.82) is 0 Å². The predicted octanol–water partition coefficient (Wildman–Crippen LogP) is 3.82. The van der Waals surface area contributed by atoms with E-state index in [1.165, 1.54) is 11.3 Å². The zero-order valence-electron chi connectivity index (χ0n) is 14.6. The number of hydrogen-bond donors (Lipinski definition) is 2. The Labute approximate surface area is 162 Å². The van der Waals surface area contributed by atoms with E-state index in [1.807, 2.05) is 18.7 Å². The molecule has 0 amide bonds. The molecule has 132 valence electrons. The summed E-state index contributed by atoms with van der Waals surface area (Å²) < 4.78 is 5.71. The van der Waals surface area contributed by atoms with Crippen molar-refractivity contribution in [1.82, 2.24) is 10.6 Å². The number of rotatable bonds is 9. The molecule has 1 aromatic carbocycles. The average Bonchev–Trinajstić information content (AvgIpc) is 2.51. The van der Waals surface area contributed by atoms with Crippen LogP contribution in [0.4, 0.5) is 0 Å². The summed E-state index contributed by atoms with van der Waals surface area (Å²) in [5.41, 5.74) is 2.33. The third kappa shape index (κ3) is 9.30. The van der Waals surface area contributed by atoms with Gasteiger partial charge in [-0.15, -0.1) is 24.0 Å². The molecule has 0 aromatic heterocycles. The molecular weight excluding hydrogens is 421 g/mol. The van der Waals surface area contributed by atoms with Gasteiger partial charge in [0.1, 0.15) is 5.75 Å². The van der Waals surface area contributed by atoms with Crippen LogP contribution in [0.15, 0.2) is 23.2 Å². The van der Waals surface area contributed by atoms with Crippen LogP contribution in [0.5, 0.6) is 5.75 Å². The van der Waals surface area contributed by atoms with E-state index in [0.29, 0.717) is 13.2 Å². The molecule has 0 atom stereocenters. The van der Waals surface area contributed by atoms with Crippen molar-refractivity contribution in [2.45, 2.75) is 33.7 Å². The maximum absolute atomic E-state index is 5.71. The van der Waals surface area contributed by atoms with E-state index in [9.17, 15) is 0 Å². The standard InChI is InChI=1S/C17H29N3OS.HI/c1-5-18-17(19-10-7-11-22-4)20-13-15-9-8-14(3)12-16(15)21-6-2;/h8-9,12H,5-7,10-11,13H2,1-4H3,(H2,18,19,20);1H. The van der Waals surface area contributed by atoms with E-state index in [1.54, 1.807) is 0 Å². The van der Waals surface area contributed by atoms with Gasteiger partial charge in [0.25, 0.3) is 0 Å². The Balaban J connectivity index is 0.00000484. The molecule has 0 fully saturated rings. The summed E-state index contributed by atoms with van der Waals surface area (Å²) in [5.74, 6) is 2.97. The normalized spacial score (nSPS) is 10.9. The van der Waals surface area contributed by atoms with E-state index in [-0.39, 0.29) is 24.0 Å². The number of nitrogens with zero attached hydrogens (tertiary/aromatic N) is 1. The van der Waals surface area contributed by atoms with Crippen molar-refractivity contribution >= 4 is 41.7 Å². The summed E-state index contributed by atoms with van der Waals surface area (Å²) in [6, 6.07) is 6.28. The first-order chi connectivity index (χ1) is 10.7. The Morgan fingerprint density at radius 1 is 1.26 bits per heavy atom. The van der Waals surface area contributed by atoms with Crippen molar-refractivity contribution in [2.75, 3.05) is 31.7 Å². The summed E-state index contributed by atoms with van der Waals surface area (Å²) in [5, 5.41) is 6.66. The molecule has 0 spiro atoms. The molecule has 1 rings (SSSR count). The summed E-state index contributed by atoms with van der Waals surface area (Å²) >= 11 is 1.87. The number of benzene rings is 1. The van der Waals surface area contributed by atoms with Crippen LogP contribution in [-0.2, 0) is 6.54 Å². The van der Waals surface area contributed by atoms with Gasteiger partial charge in [-0.3, -0.25) is 0 Å². The molecular formula is C17H30IN3OS. The molecule has 0 aliphatic carbocycles. The Bertz CT molecular complexity index is 469. The van der Waals surface area contributed by atoms with E-state index in [0.717, 1.165) is 36.8 Å². The lowest BCUT2D eigenvalue weighted by molar-refractivity contribution is 0.336. The number of guanidine groups is 1. The fourth-order valence-corrected chi connectivity index (χ4v) is 2.44. The van der Waals surface area contributed by atoms with Gasteiger partial charge in [0, 0.05) is 18.7 Å². The van der Waals surface area contributed by atoms with E-state index in [4.69, 9.17) is 4.74 Å². The van der Waals surface area contributed by atoms with E-state index >= 15 is 0 Å². The van der Waals surface area contributed by atoms with Crippen LogP contribution in [0.25, 0.3) is 0 Å². The van der Waals surface area contributed by atoms with Crippen LogP contribution >= 0.6 is 35.7 Å². The molecule has 6 heteroatoms. The Morgan fingerprint density at radius 2 is 2.04 bits per heavy atom. The number of ether oxygens (including phenoxy) is 1. The highest BCUT2D eigenvalue weighted by Gasteiger charge is 2.04. The number of nitrogens with one attached hydrogen (secondary N) is 2. The number of halogens is 1. The minimum atomic E-state index is 0. The summed E-state index contributed by atoms with van der Waals surface area (Å²) in [6.07, 6.45) is 3.27. The minimum absolute atomic E-state index is 0. The highest BCUT2D eigenvalue weighted by Crippen LogP contribution is 2.21. The summed E-state index contributed by atoms with van der Waals surface area (Å²) in [6.45, 7) is 9.26. The third-order valence-corrected chi connectivity index (χ3v) is 3.79. The first-order valence-corrected chi connectivity index (χ1v) is 9.34. The van der Waals surface area contributed by atoms with Crippen molar-refractivity contribution in [3.05, 3.63) is 29.3 Å². The van der Waals surface area contributed by atoms with Gasteiger partial charge in [0.2, 0.25) is 0 Å². The Hall–Kier alpha value is -0.630. The van der Waals surface area contributed by atoms with Crippen LogP contribution in [0.2, 0.25) is 0 Å². The second-order valence-corrected chi connectivity index (χ2v) is 6.00. The molecule has 0 aliphatic heterocycles. The molecule has 0 heterocycles. The molecule has 4 nitrogen and oxygen atoms in total. The van der Waals surface area contributed by atoms with Crippen molar-refractivity contribution < 1.29 is 4.74 Å². The lowest BCUT2D eigenvalue weighted by atomic mass is 10.1. The van der Waals surface area contributed by atoms with Gasteiger partial charge in [0.15, 0.2) is 5.96 Å². The zero-order chi connectivity index (χ0) is 16.2. The Morgan fingerprint density at radius 3 is 2.70 bits per heavy atom. The lowest BCUT2D eigenvalue weighted by Crippen LogP contribution is -2.37. The maximum Gasteiger partial charge on any atom is 0.191 e. The first kappa shape index (κ1) is 22.4. The van der Waals surface area contributed by atoms with Crippen molar-refractivity contribution in [3.8, 4) is 5.75 Å². The number of aryl methyl sites for hydroxylation is 1. The number of thioether (sulfide) groups is 1. The van der Waals surface area contributed by atoms with E-state index in [2.05, 4.69) is 53.9 Å². The second kappa shape index (κ2) is 13.8. The third-order valence-electron chi connectivity index (χ3n) is 3.09. The predicted molar refractivity (Wildman–Crippen MR) is 114 cm³/mol. The number of hydrogen-bond acceptors (Lipinski definition) is 3. The highest BCUT2D eigenvalue weighted by atomic mass is 127. The SMILES string of the molecule is CCNC(=NCc1ccc(C)cc1OCC)NCCCSC.I. The monoisotopic (exact) mass is 451 g/mol. The van der Waals surface area contributed by atoms with Crippen LogP contribution in [0.1, 0.15) is 31.4 Å². The molecule has 0 aliphatic rings. The topological polar surface area (TPSA) is 45.7 Å². The van der Waals surface area contributed by atoms with Gasteiger partial charge in [0.05, 0.1) is 13.2 Å². The first-order valence-electron chi connectivity index (χ1n) is 7.94. The largest absolute Gasteiger partial charge is 0.494 e. The lowest BCUT2D eigenvalue weighted by Gasteiger charge is -2.13. The average molecular weight is 451 g/mol. The van der Waals surface area contributed by atoms with Gasteiger partial charge < -0.3 is 15.4 Å². The van der Waals surface area contributed by atoms with Crippen LogP contribution in [0.3, 0.4) is 0 Å². The van der Waals surface area contributed by atoms with Crippen LogP contribution < -0.4 is 15.4 Å². The quantitative estimate of drug-likeness (QED) is 0.259. The van der Waals surface area contributed by atoms with Crippen LogP contribution in [-0.4, -0.2) is 37.7 Å². The molecule has 0 saturated heterocycles. The minimum Gasteiger partial charge on any atom is -0.494 e. The van der Waals surface area contributed by atoms with Gasteiger partial charge in [-0.05, 0) is 50.8 Å². The van der Waals surface area contributed by atoms with Crippen molar-refractivity contribution in [2.24, 2.45) is 4.99 Å². The molecule has 0 saturated carbocycles. The van der Waals surface area contributed by atoms with Gasteiger partial charge in [-0.2, -0.15) is 11.8 Å². The fraction of sp³-hybridized carbons (Fsp3) is 0.588. The van der Waals surface area contributed by atoms with E-state index < -0.39 is 0 Å². The molecule has 1 aromatic rings. The second-order valence-electron chi connectivity index (χ2n) is 5.01. The fourth-order valence-electron chi connectivity index (χ4n) is 2.01. The van der Waals surface area contributed by atoms with Crippen molar-refractivity contribution in [3.63, 3.8) is 0 Å². The zero-order valence-corrected chi connectivity index (χ0v) is 17.8. The van der Waals surface area contributed by atoms with Gasteiger partial charge in [-0.25, -0.2) is 4.99 Å². The van der Waals surface area contributed by atoms with Gasteiger partial charge >= 0.3 is 0 Å². The molecule has 0 unspecified atom stereocenters. The van der Waals surface area contributed by atoms with Gasteiger partial charge in [-0.1, -0.05) is 12.1 Å². The highest BCUT2D eigenvalue weighted by molar-refractivity contribution is 14.0. The summed E-state index contributed by atoms with van der Waals surface area (Å²) in [4.78, 5) is 4.66. The molecule has 0 radical (unpaired) electrons. The summed E-state index contributed by atoms with van der Waals surface area (Å²) in [7, 11) is 0. The Kier molecular flexibility index (Phi) is 13.4. The number of aliphatic imine (C=N–C) groups is 1. The molecule has 23 heavy (non-hydrogen) atoms. The molecule has 0 bridgehead atoms.